The van der Waals surface area contributed by atoms with Crippen LogP contribution >= 0.6 is 0 Å². The average Bonchev–Trinajstić information content (AvgIpc) is 3.69. The number of rotatable bonds is 8. The molecule has 1 fully saturated rings. The highest BCUT2D eigenvalue weighted by Crippen LogP contribution is 2.62. The van der Waals surface area contributed by atoms with Gasteiger partial charge in [-0.3, -0.25) is 4.79 Å². The fourth-order valence-corrected chi connectivity index (χ4v) is 9.06. The molecule has 274 valence electrons. The topological polar surface area (TPSA) is 166 Å². The van der Waals surface area contributed by atoms with E-state index in [1.54, 1.807) is 12.1 Å². The molecule has 0 unspecified atom stereocenters. The van der Waals surface area contributed by atoms with E-state index in [0.29, 0.717) is 48.5 Å². The molecule has 6 N–H and O–H groups in total. The van der Waals surface area contributed by atoms with Crippen LogP contribution in [0.4, 0.5) is 5.82 Å². The minimum absolute atomic E-state index is 0.0145. The number of hydrogen-bond donors (Lipinski definition) is 5. The number of carbonyl (C=O) groups excluding carboxylic acids is 1. The zero-order valence-electron chi connectivity index (χ0n) is 29.8. The lowest BCUT2D eigenvalue weighted by Gasteiger charge is -2.39. The van der Waals surface area contributed by atoms with Gasteiger partial charge in [0.05, 0.1) is 5.92 Å². The molecule has 0 radical (unpaired) electrons. The van der Waals surface area contributed by atoms with Crippen molar-refractivity contribution < 1.29 is 39.1 Å². The van der Waals surface area contributed by atoms with Crippen LogP contribution in [0.3, 0.4) is 0 Å². The van der Waals surface area contributed by atoms with Crippen LogP contribution in [-0.2, 0) is 34.2 Å². The molecule has 8 rings (SSSR count). The number of likely N-dealkylation sites (N-methyl/N-ethyl adjacent to an activating group) is 1. The number of phenols is 2. The minimum Gasteiger partial charge on any atom is -0.508 e. The van der Waals surface area contributed by atoms with Crippen molar-refractivity contribution >= 4 is 11.8 Å². The van der Waals surface area contributed by atoms with Crippen molar-refractivity contribution in [3.05, 3.63) is 87.6 Å². The number of hydrogen-bond acceptors (Lipinski definition) is 11. The second kappa shape index (κ2) is 13.8. The van der Waals surface area contributed by atoms with Crippen molar-refractivity contribution in [1.29, 1.82) is 0 Å². The smallest absolute Gasteiger partial charge is 0.302 e. The Balaban J connectivity index is 1.38. The highest BCUT2D eigenvalue weighted by molar-refractivity contribution is 5.84. The number of aliphatic hydroxyl groups is 1. The molecule has 11 nitrogen and oxygen atoms in total. The summed E-state index contributed by atoms with van der Waals surface area (Å²) < 4.78 is 24.7. The maximum atomic E-state index is 12.3. The van der Waals surface area contributed by atoms with Crippen molar-refractivity contribution in [3.8, 4) is 51.7 Å². The quantitative estimate of drug-likeness (QED) is 0.0705. The number of aromatic hydroxyl groups is 2. The van der Waals surface area contributed by atoms with E-state index in [0.717, 1.165) is 75.9 Å². The Kier molecular flexibility index (Phi) is 9.05. The van der Waals surface area contributed by atoms with E-state index in [-0.39, 0.29) is 35.9 Å². The molecule has 2 aliphatic carbocycles. The van der Waals surface area contributed by atoms with Crippen LogP contribution in [0.1, 0.15) is 77.3 Å². The van der Waals surface area contributed by atoms with Crippen LogP contribution in [0.5, 0.6) is 28.7 Å². The first-order chi connectivity index (χ1) is 25.7. The number of esters is 1. The van der Waals surface area contributed by atoms with Gasteiger partial charge in [-0.1, -0.05) is 24.1 Å². The van der Waals surface area contributed by atoms with Gasteiger partial charge in [-0.25, -0.2) is 4.98 Å². The van der Waals surface area contributed by atoms with Crippen LogP contribution in [0.2, 0.25) is 0 Å². The first-order valence-electron chi connectivity index (χ1n) is 18.1. The van der Waals surface area contributed by atoms with E-state index in [4.69, 9.17) is 24.7 Å². The van der Waals surface area contributed by atoms with Crippen molar-refractivity contribution in [2.75, 3.05) is 39.3 Å². The van der Waals surface area contributed by atoms with Gasteiger partial charge in [0, 0.05) is 53.6 Å². The van der Waals surface area contributed by atoms with Crippen molar-refractivity contribution in [2.24, 2.45) is 5.92 Å². The Morgan fingerprint density at radius 2 is 1.94 bits per heavy atom. The molecule has 3 heterocycles. The fraction of sp³-hybridized carbons (Fsp3) is 0.381. The number of fused-ring (bicyclic) bond motifs is 7. The Labute approximate surface area is 308 Å². The van der Waals surface area contributed by atoms with Gasteiger partial charge in [0.2, 0.25) is 0 Å². The molecule has 3 aromatic carbocycles. The predicted molar refractivity (Wildman–Crippen MR) is 197 cm³/mol. The standard InChI is InChI=1S/C42H43N3O8/c1-23(47)51-21-32-29-7-8-30-38-27(15-28(48)17-36(38)52-22-46)20-42-11-10-24(19-42)14-26-6-9-37(43)45-33(26)5-3-4-25-16-34(49)35(50-13-12-44-2)18-31(25)40(32)53-41(29)39(30)42/h6-9,15-18,24,32,40,44,46,48-49H,4,10-14,19-22H2,1-2H3,(H2,43,45)/t24-,32+,40+,42+/m0/s1. The van der Waals surface area contributed by atoms with Crippen LogP contribution in [-0.4, -0.2) is 59.9 Å². The SMILES string of the molecule is CNCCOc1cc2c(cc1O)CC#Cc1nc(N)ccc1C[C@@H]1CC[C@]3(Cc4cc(O)cc(OCO)c4-c4ccc5c(c43)O[C@H]2[C@@H]5COC(C)=O)C1. The Morgan fingerprint density at radius 3 is 2.75 bits per heavy atom. The van der Waals surface area contributed by atoms with Crippen molar-refractivity contribution in [1.82, 2.24) is 10.3 Å². The minimum atomic E-state index is -0.616. The lowest BCUT2D eigenvalue weighted by atomic mass is 9.65. The lowest BCUT2D eigenvalue weighted by Crippen LogP contribution is -2.31. The van der Waals surface area contributed by atoms with Gasteiger partial charge >= 0.3 is 5.97 Å². The van der Waals surface area contributed by atoms with Crippen LogP contribution in [0.25, 0.3) is 11.1 Å². The number of carbonyl (C=O) groups is 1. The van der Waals surface area contributed by atoms with Crippen LogP contribution < -0.4 is 25.3 Å². The summed E-state index contributed by atoms with van der Waals surface area (Å²) in [5.74, 6) is 8.01. The number of aliphatic hydroxyl groups excluding tert-OH is 1. The van der Waals surface area contributed by atoms with E-state index in [9.17, 15) is 20.1 Å². The summed E-state index contributed by atoms with van der Waals surface area (Å²) >= 11 is 0. The van der Waals surface area contributed by atoms with Gasteiger partial charge in [-0.15, -0.1) is 0 Å². The first kappa shape index (κ1) is 34.6. The largest absolute Gasteiger partial charge is 0.508 e. The second-order valence-corrected chi connectivity index (χ2v) is 14.6. The molecule has 11 heteroatoms. The molecule has 4 atom stereocenters. The number of ether oxygens (including phenoxy) is 4. The zero-order chi connectivity index (χ0) is 36.9. The fourth-order valence-electron chi connectivity index (χ4n) is 9.06. The summed E-state index contributed by atoms with van der Waals surface area (Å²) in [5, 5.41) is 34.9. The maximum Gasteiger partial charge on any atom is 0.302 e. The molecule has 4 bridgehead atoms. The summed E-state index contributed by atoms with van der Waals surface area (Å²) in [4.78, 5) is 17.0. The Morgan fingerprint density at radius 1 is 1.08 bits per heavy atom. The van der Waals surface area contributed by atoms with E-state index in [1.165, 1.54) is 13.0 Å². The van der Waals surface area contributed by atoms with E-state index >= 15 is 0 Å². The lowest BCUT2D eigenvalue weighted by molar-refractivity contribution is -0.141. The van der Waals surface area contributed by atoms with Crippen LogP contribution in [0, 0.1) is 17.8 Å². The summed E-state index contributed by atoms with van der Waals surface area (Å²) in [6.07, 6.45) is 3.71. The second-order valence-electron chi connectivity index (χ2n) is 14.6. The molecule has 53 heavy (non-hydrogen) atoms. The molecule has 4 aromatic rings. The van der Waals surface area contributed by atoms with Gasteiger partial charge in [-0.2, -0.15) is 0 Å². The monoisotopic (exact) mass is 717 g/mol. The summed E-state index contributed by atoms with van der Waals surface area (Å²) in [7, 11) is 1.83. The highest BCUT2D eigenvalue weighted by atomic mass is 16.6. The van der Waals surface area contributed by atoms with Crippen molar-refractivity contribution in [2.45, 2.75) is 62.9 Å². The molecule has 0 saturated heterocycles. The number of nitrogen functional groups attached to an aromatic ring is 1. The third kappa shape index (κ3) is 6.26. The molecule has 1 spiro atoms. The summed E-state index contributed by atoms with van der Waals surface area (Å²) in [5.41, 5.74) is 13.6. The number of benzene rings is 3. The van der Waals surface area contributed by atoms with E-state index < -0.39 is 18.9 Å². The number of nitrogens with zero attached hydrogens (tertiary/aromatic N) is 1. The Hall–Kier alpha value is -5.44. The predicted octanol–water partition coefficient (Wildman–Crippen LogP) is 5.19. The molecule has 1 saturated carbocycles. The molecule has 2 aliphatic heterocycles. The van der Waals surface area contributed by atoms with E-state index in [1.807, 2.05) is 31.3 Å². The molecule has 0 amide bonds. The number of anilines is 1. The third-order valence-corrected chi connectivity index (χ3v) is 11.2. The first-order valence-corrected chi connectivity index (χ1v) is 18.1. The Bertz CT molecular complexity index is 2170. The van der Waals surface area contributed by atoms with Crippen molar-refractivity contribution in [3.63, 3.8) is 0 Å². The highest BCUT2D eigenvalue weighted by Gasteiger charge is 2.51. The molecule has 4 aliphatic rings. The van der Waals surface area contributed by atoms with Gasteiger partial charge in [0.25, 0.3) is 0 Å². The van der Waals surface area contributed by atoms with Gasteiger partial charge in [0.1, 0.15) is 48.1 Å². The number of aromatic nitrogens is 1. The molecule has 1 aromatic heterocycles. The van der Waals surface area contributed by atoms with Gasteiger partial charge < -0.3 is 45.3 Å². The maximum absolute atomic E-state index is 12.3. The number of nitrogens with one attached hydrogen (secondary N) is 1. The summed E-state index contributed by atoms with van der Waals surface area (Å²) in [6, 6.07) is 14.8. The number of pyridine rings is 1. The van der Waals surface area contributed by atoms with E-state index in [2.05, 4.69) is 28.2 Å². The van der Waals surface area contributed by atoms with Gasteiger partial charge in [-0.05, 0) is 97.5 Å². The number of phenolic OH excluding ortho intramolecular Hbond substituents is 2. The number of nitrogens with two attached hydrogens (primary N) is 1. The van der Waals surface area contributed by atoms with Crippen LogP contribution in [0.15, 0.2) is 48.5 Å². The normalized spacial score (nSPS) is 21.8. The zero-order valence-corrected chi connectivity index (χ0v) is 29.8. The molecular weight excluding hydrogens is 674 g/mol. The van der Waals surface area contributed by atoms with Gasteiger partial charge in [0.15, 0.2) is 18.3 Å². The average molecular weight is 718 g/mol. The molecular formula is C42H43N3O8. The summed E-state index contributed by atoms with van der Waals surface area (Å²) in [6.45, 7) is 1.83. The third-order valence-electron chi connectivity index (χ3n) is 11.2.